The molecule has 0 spiro atoms. The van der Waals surface area contributed by atoms with E-state index in [-0.39, 0.29) is 16.3 Å². The molecule has 0 aromatic heterocycles. The van der Waals surface area contributed by atoms with Crippen molar-refractivity contribution in [3.05, 3.63) is 54.1 Å². The molecule has 0 aliphatic carbocycles. The minimum Gasteiger partial charge on any atom is -0.308 e. The average molecular weight is 373 g/mol. The van der Waals surface area contributed by atoms with Crippen molar-refractivity contribution in [2.45, 2.75) is 11.1 Å². The van der Waals surface area contributed by atoms with Crippen LogP contribution >= 0.6 is 0 Å². The van der Waals surface area contributed by atoms with Crippen LogP contribution in [0.3, 0.4) is 0 Å². The highest BCUT2D eigenvalue weighted by molar-refractivity contribution is 7.89. The molecule has 10 heteroatoms. The summed E-state index contributed by atoms with van der Waals surface area (Å²) >= 11 is 0. The molecular weight excluding hydrogens is 359 g/mol. The minimum atomic E-state index is -4.46. The zero-order chi connectivity index (χ0) is 18.7. The van der Waals surface area contributed by atoms with Gasteiger partial charge in [0, 0.05) is 11.4 Å². The summed E-state index contributed by atoms with van der Waals surface area (Å²) in [5.41, 5.74) is -0.464. The van der Waals surface area contributed by atoms with E-state index in [9.17, 15) is 26.4 Å². The van der Waals surface area contributed by atoms with Gasteiger partial charge in [-0.1, -0.05) is 6.07 Å². The van der Waals surface area contributed by atoms with Crippen LogP contribution < -0.4 is 15.4 Å². The molecule has 0 heterocycles. The van der Waals surface area contributed by atoms with E-state index in [0.29, 0.717) is 0 Å². The van der Waals surface area contributed by atoms with Crippen molar-refractivity contribution >= 4 is 27.4 Å². The molecule has 25 heavy (non-hydrogen) atoms. The van der Waals surface area contributed by atoms with E-state index in [4.69, 9.17) is 0 Å². The second-order valence-corrected chi connectivity index (χ2v) is 6.78. The van der Waals surface area contributed by atoms with Gasteiger partial charge in [-0.25, -0.2) is 17.9 Å². The Hall–Kier alpha value is -2.59. The van der Waals surface area contributed by atoms with Crippen LogP contribution in [0.25, 0.3) is 0 Å². The van der Waals surface area contributed by atoms with Gasteiger partial charge in [-0.15, -0.1) is 0 Å². The minimum absolute atomic E-state index is 0.0395. The number of carbonyl (C=O) groups excluding carboxylic acids is 1. The zero-order valence-electron chi connectivity index (χ0n) is 12.9. The Bertz CT molecular complexity index is 866. The molecule has 3 N–H and O–H groups in total. The van der Waals surface area contributed by atoms with Gasteiger partial charge in [-0.2, -0.15) is 13.2 Å². The van der Waals surface area contributed by atoms with E-state index < -0.39 is 27.8 Å². The van der Waals surface area contributed by atoms with Gasteiger partial charge in [-0.3, -0.25) is 0 Å². The van der Waals surface area contributed by atoms with Crippen LogP contribution in [0, 0.1) is 0 Å². The third kappa shape index (κ3) is 4.94. The predicted octanol–water partition coefficient (Wildman–Crippen LogP) is 3.26. The summed E-state index contributed by atoms with van der Waals surface area (Å²) < 4.78 is 63.0. The van der Waals surface area contributed by atoms with Crippen molar-refractivity contribution in [2.75, 3.05) is 17.7 Å². The number of urea groups is 1. The van der Waals surface area contributed by atoms with Crippen molar-refractivity contribution in [1.82, 2.24) is 4.72 Å². The first-order valence-corrected chi connectivity index (χ1v) is 8.39. The van der Waals surface area contributed by atoms with Crippen LogP contribution in [0.1, 0.15) is 5.56 Å². The first-order chi connectivity index (χ1) is 11.6. The lowest BCUT2D eigenvalue weighted by atomic mass is 10.2. The summed E-state index contributed by atoms with van der Waals surface area (Å²) in [6.07, 6.45) is -4.46. The van der Waals surface area contributed by atoms with Gasteiger partial charge < -0.3 is 10.6 Å². The summed E-state index contributed by atoms with van der Waals surface area (Å²) in [6.45, 7) is 0. The van der Waals surface area contributed by atoms with Gasteiger partial charge in [0.25, 0.3) is 0 Å². The smallest absolute Gasteiger partial charge is 0.308 e. The van der Waals surface area contributed by atoms with Crippen molar-refractivity contribution < 1.29 is 26.4 Å². The van der Waals surface area contributed by atoms with E-state index in [1.165, 1.54) is 31.3 Å². The molecule has 0 aliphatic heterocycles. The Morgan fingerprint density at radius 1 is 0.960 bits per heavy atom. The lowest BCUT2D eigenvalue weighted by Gasteiger charge is -2.10. The molecule has 2 amide bonds. The lowest BCUT2D eigenvalue weighted by Crippen LogP contribution is -2.21. The number of halogens is 3. The van der Waals surface area contributed by atoms with Gasteiger partial charge in [0.2, 0.25) is 10.0 Å². The Kier molecular flexibility index (Phi) is 5.33. The van der Waals surface area contributed by atoms with E-state index >= 15 is 0 Å². The number of hydrogen-bond donors (Lipinski definition) is 3. The molecule has 2 aromatic rings. The van der Waals surface area contributed by atoms with Gasteiger partial charge in [0.1, 0.15) is 0 Å². The van der Waals surface area contributed by atoms with E-state index in [1.807, 2.05) is 0 Å². The maximum absolute atomic E-state index is 12.5. The van der Waals surface area contributed by atoms with Crippen molar-refractivity contribution in [1.29, 1.82) is 0 Å². The monoisotopic (exact) mass is 373 g/mol. The first-order valence-electron chi connectivity index (χ1n) is 6.91. The van der Waals surface area contributed by atoms with Crippen LogP contribution in [-0.4, -0.2) is 21.5 Å². The molecule has 6 nitrogen and oxygen atoms in total. The molecule has 134 valence electrons. The second-order valence-electron chi connectivity index (χ2n) is 4.89. The second kappa shape index (κ2) is 7.11. The topological polar surface area (TPSA) is 87.3 Å². The van der Waals surface area contributed by atoms with Crippen LogP contribution in [0.5, 0.6) is 0 Å². The van der Waals surface area contributed by atoms with Gasteiger partial charge in [-0.05, 0) is 49.5 Å². The summed E-state index contributed by atoms with van der Waals surface area (Å²) in [5.74, 6) is 0. The number of anilines is 2. The number of rotatable bonds is 4. The van der Waals surface area contributed by atoms with Crippen molar-refractivity contribution in [2.24, 2.45) is 0 Å². The molecule has 0 saturated heterocycles. The fourth-order valence-electron chi connectivity index (χ4n) is 1.89. The molecule has 0 aliphatic rings. The molecule has 0 saturated carbocycles. The van der Waals surface area contributed by atoms with Crippen LogP contribution in [0.4, 0.5) is 29.3 Å². The Labute approximate surface area is 142 Å². The highest BCUT2D eigenvalue weighted by Gasteiger charge is 2.29. The van der Waals surface area contributed by atoms with E-state index in [1.54, 1.807) is 0 Å². The largest absolute Gasteiger partial charge is 0.416 e. The van der Waals surface area contributed by atoms with Crippen molar-refractivity contribution in [3.8, 4) is 0 Å². The standard InChI is InChI=1S/C15H14F3N3O3S/c1-19-25(23,24)13-4-2-3-12(9-13)21-14(22)20-11-7-5-10(6-8-11)15(16,17)18/h2-9,19H,1H3,(H2,20,21,22). The van der Waals surface area contributed by atoms with Gasteiger partial charge in [0.05, 0.1) is 10.5 Å². The quantitative estimate of drug-likeness (QED) is 0.769. The molecule has 0 unspecified atom stereocenters. The number of hydrogen-bond acceptors (Lipinski definition) is 3. The van der Waals surface area contributed by atoms with Crippen LogP contribution in [-0.2, 0) is 16.2 Å². The Morgan fingerprint density at radius 3 is 2.12 bits per heavy atom. The lowest BCUT2D eigenvalue weighted by molar-refractivity contribution is -0.137. The summed E-state index contributed by atoms with van der Waals surface area (Å²) in [4.78, 5) is 11.8. The maximum atomic E-state index is 12.5. The van der Waals surface area contributed by atoms with Crippen LogP contribution in [0.2, 0.25) is 0 Å². The molecule has 2 rings (SSSR count). The van der Waals surface area contributed by atoms with Crippen LogP contribution in [0.15, 0.2) is 53.4 Å². The molecule has 0 atom stereocenters. The molecule has 0 bridgehead atoms. The highest BCUT2D eigenvalue weighted by Crippen LogP contribution is 2.29. The predicted molar refractivity (Wildman–Crippen MR) is 86.8 cm³/mol. The summed E-state index contributed by atoms with van der Waals surface area (Å²) in [7, 11) is -2.41. The fourth-order valence-corrected chi connectivity index (χ4v) is 2.67. The van der Waals surface area contributed by atoms with E-state index in [2.05, 4.69) is 15.4 Å². The average Bonchev–Trinajstić information content (AvgIpc) is 2.54. The number of alkyl halides is 3. The highest BCUT2D eigenvalue weighted by atomic mass is 32.2. The molecular formula is C15H14F3N3O3S. The maximum Gasteiger partial charge on any atom is 0.416 e. The number of nitrogens with one attached hydrogen (secondary N) is 3. The van der Waals surface area contributed by atoms with Gasteiger partial charge >= 0.3 is 12.2 Å². The normalized spacial score (nSPS) is 11.8. The summed E-state index contributed by atoms with van der Waals surface area (Å²) in [6, 6.07) is 8.71. The first kappa shape index (κ1) is 18.7. The Balaban J connectivity index is 2.07. The molecule has 0 fully saturated rings. The molecule has 2 aromatic carbocycles. The van der Waals surface area contributed by atoms with Gasteiger partial charge in [0.15, 0.2) is 0 Å². The van der Waals surface area contributed by atoms with Crippen molar-refractivity contribution in [3.63, 3.8) is 0 Å². The third-order valence-corrected chi connectivity index (χ3v) is 4.55. The third-order valence-electron chi connectivity index (χ3n) is 3.14. The fraction of sp³-hybridized carbons (Fsp3) is 0.133. The number of carbonyl (C=O) groups is 1. The number of sulfonamides is 1. The number of amides is 2. The number of benzene rings is 2. The van der Waals surface area contributed by atoms with E-state index in [0.717, 1.165) is 24.3 Å². The summed E-state index contributed by atoms with van der Waals surface area (Å²) in [5, 5.41) is 4.77. The Morgan fingerprint density at radius 2 is 1.56 bits per heavy atom. The molecule has 0 radical (unpaired) electrons. The zero-order valence-corrected chi connectivity index (χ0v) is 13.7. The SMILES string of the molecule is CNS(=O)(=O)c1cccc(NC(=O)Nc2ccc(C(F)(F)F)cc2)c1.